The van der Waals surface area contributed by atoms with E-state index in [1.165, 1.54) is 6.92 Å². The first-order valence-electron chi connectivity index (χ1n) is 3.49. The first-order chi connectivity index (χ1) is 5.81. The molecule has 0 heterocycles. The van der Waals surface area contributed by atoms with Crippen LogP contribution < -0.4 is 0 Å². The normalized spacial score (nSPS) is 13.8. The van der Waals surface area contributed by atoms with E-state index in [1.54, 1.807) is 0 Å². The summed E-state index contributed by atoms with van der Waals surface area (Å²) in [6, 6.07) is 0. The Morgan fingerprint density at radius 1 is 1.62 bits per heavy atom. The molecule has 0 fully saturated rings. The van der Waals surface area contributed by atoms with Crippen LogP contribution in [-0.2, 0) is 4.79 Å². The van der Waals surface area contributed by atoms with Gasteiger partial charge in [-0.25, -0.2) is 9.79 Å². The molecular weight excluding hydrogens is 261 g/mol. The van der Waals surface area contributed by atoms with Crippen LogP contribution in [0.5, 0.6) is 0 Å². The van der Waals surface area contributed by atoms with Crippen molar-refractivity contribution in [2.24, 2.45) is 5.92 Å². The van der Waals surface area contributed by atoms with Gasteiger partial charge >= 0.3 is 13.7 Å². The van der Waals surface area contributed by atoms with E-state index in [0.717, 1.165) is 0 Å². The molecule has 0 aliphatic carbocycles. The highest BCUT2D eigenvalue weighted by molar-refractivity contribution is 9.09. The van der Waals surface area contributed by atoms with Gasteiger partial charge in [-0.15, -0.1) is 0 Å². The van der Waals surface area contributed by atoms with E-state index in [9.17, 15) is 14.6 Å². The summed E-state index contributed by atoms with van der Waals surface area (Å²) in [5.74, 6) is -1.95. The van der Waals surface area contributed by atoms with Crippen molar-refractivity contribution in [3.05, 3.63) is 0 Å². The van der Waals surface area contributed by atoms with Crippen LogP contribution in [0.4, 0.5) is 0 Å². The van der Waals surface area contributed by atoms with Gasteiger partial charge in [0.15, 0.2) is 0 Å². The van der Waals surface area contributed by atoms with E-state index in [0.29, 0.717) is 0 Å². The average Bonchev–Trinajstić information content (AvgIpc) is 1.99. The third-order valence-corrected chi connectivity index (χ3v) is 4.35. The van der Waals surface area contributed by atoms with Gasteiger partial charge in [0.1, 0.15) is 12.1 Å². The van der Waals surface area contributed by atoms with Crippen LogP contribution in [0.3, 0.4) is 0 Å². The maximum absolute atomic E-state index is 10.5. The number of alkyl halides is 1. The Labute approximate surface area is 84.9 Å². The van der Waals surface area contributed by atoms with Crippen molar-refractivity contribution in [2.75, 3.05) is 11.5 Å². The number of carboxylic acid groups (broad SMARTS) is 1. The molecule has 0 rings (SSSR count). The molecule has 13 heavy (non-hydrogen) atoms. The maximum atomic E-state index is 10.5. The van der Waals surface area contributed by atoms with E-state index >= 15 is 0 Å². The minimum absolute atomic E-state index is 0.151. The van der Waals surface area contributed by atoms with E-state index in [4.69, 9.17) is 10.5 Å². The molecule has 0 saturated carbocycles. The van der Waals surface area contributed by atoms with Gasteiger partial charge < -0.3 is 5.11 Å². The monoisotopic (exact) mass is 272 g/mol. The summed E-state index contributed by atoms with van der Waals surface area (Å²) < 4.78 is 0. The van der Waals surface area contributed by atoms with Crippen molar-refractivity contribution < 1.29 is 19.7 Å². The summed E-state index contributed by atoms with van der Waals surface area (Å²) in [7, 11) is -3.47. The minimum atomic E-state index is -3.47. The van der Waals surface area contributed by atoms with Gasteiger partial charge in [0.2, 0.25) is 5.45 Å². The number of hydrogen-bond acceptors (Lipinski definition) is 4. The molecule has 7 heteroatoms. The lowest BCUT2D eigenvalue weighted by atomic mass is 10.2. The summed E-state index contributed by atoms with van der Waals surface area (Å²) in [5.41, 5.74) is -0.250. The Morgan fingerprint density at radius 2 is 2.08 bits per heavy atom. The first-order valence-corrected chi connectivity index (χ1v) is 6.49. The van der Waals surface area contributed by atoms with Crippen molar-refractivity contribution in [3.63, 3.8) is 0 Å². The highest BCUT2D eigenvalue weighted by Gasteiger charge is 2.41. The molecule has 4 N–H and O–H groups in total. The molecule has 0 saturated heterocycles. The molecule has 1 unspecified atom stereocenters. The lowest BCUT2D eigenvalue weighted by Crippen LogP contribution is -2.23. The molecule has 0 aromatic rings. The van der Waals surface area contributed by atoms with Crippen molar-refractivity contribution in [3.8, 4) is 0 Å². The number of carboxylic acids is 1. The minimum Gasteiger partial charge on any atom is -0.481 e. The number of hydrogen-bond donors (Lipinski definition) is 4. The second-order valence-electron chi connectivity index (χ2n) is 2.69. The summed E-state index contributed by atoms with van der Waals surface area (Å²) in [5, 5.41) is 15.8. The van der Waals surface area contributed by atoms with Crippen molar-refractivity contribution >= 4 is 35.1 Å². The van der Waals surface area contributed by atoms with Crippen LogP contribution >= 0.6 is 23.6 Å². The molecule has 0 radical (unpaired) electrons. The molecule has 0 spiro atoms. The molecule has 76 valence electrons. The van der Waals surface area contributed by atoms with Crippen LogP contribution in [0.1, 0.15) is 6.92 Å². The average molecular weight is 273 g/mol. The van der Waals surface area contributed by atoms with Gasteiger partial charge in [-0.05, 0) is 0 Å². The largest absolute Gasteiger partial charge is 0.481 e. The van der Waals surface area contributed by atoms with Crippen LogP contribution in [0, 0.1) is 11.3 Å². The fraction of sp³-hybridized carbons (Fsp3) is 0.667. The third-order valence-electron chi connectivity index (χ3n) is 1.55. The zero-order valence-electron chi connectivity index (χ0n) is 7.07. The summed E-state index contributed by atoms with van der Waals surface area (Å²) in [6.45, 7) is 1.26. The highest BCUT2D eigenvalue weighted by Crippen LogP contribution is 2.52. The quantitative estimate of drug-likeness (QED) is 0.339. The predicted molar refractivity (Wildman–Crippen MR) is 54.5 cm³/mol. The van der Waals surface area contributed by atoms with Crippen molar-refractivity contribution in [1.82, 2.24) is 0 Å². The lowest BCUT2D eigenvalue weighted by molar-refractivity contribution is -0.140. The van der Waals surface area contributed by atoms with Gasteiger partial charge in [0.25, 0.3) is 0 Å². The van der Waals surface area contributed by atoms with Gasteiger partial charge in [0.05, 0.1) is 0 Å². The third kappa shape index (κ3) is 4.13. The van der Waals surface area contributed by atoms with Crippen LogP contribution in [0.2, 0.25) is 0 Å². The fourth-order valence-corrected chi connectivity index (χ4v) is 2.67. The number of rotatable bonds is 5. The topological polar surface area (TPSA) is 102 Å². The molecule has 0 bridgehead atoms. The Morgan fingerprint density at radius 3 is 2.31 bits per heavy atom. The number of nitrogens with one attached hydrogen (secondary N) is 1. The lowest BCUT2D eigenvalue weighted by Gasteiger charge is -2.13. The maximum Gasteiger partial charge on any atom is 0.314 e. The Balaban J connectivity index is 4.39. The van der Waals surface area contributed by atoms with Crippen LogP contribution in [0.15, 0.2) is 0 Å². The fourth-order valence-electron chi connectivity index (χ4n) is 0.637. The standard InChI is InChI=1S/C6H11BrNO4P/c1-4(8)13(11,12)3-5(2-7)6(9)10/h5,8,11-12H,2-3H2,1H3/p+1. The molecule has 0 aliphatic rings. The smallest absolute Gasteiger partial charge is 0.314 e. The Kier molecular flexibility index (Phi) is 4.99. The molecule has 0 amide bonds. The van der Waals surface area contributed by atoms with Gasteiger partial charge in [-0.3, -0.25) is 10.2 Å². The first kappa shape index (κ1) is 13.0. The van der Waals surface area contributed by atoms with E-state index in [-0.39, 0.29) is 16.9 Å². The summed E-state index contributed by atoms with van der Waals surface area (Å²) in [4.78, 5) is 29.1. The van der Waals surface area contributed by atoms with E-state index in [1.807, 2.05) is 0 Å². The number of aliphatic carboxylic acids is 1. The van der Waals surface area contributed by atoms with Gasteiger partial charge in [0, 0.05) is 12.3 Å². The molecule has 1 atom stereocenters. The van der Waals surface area contributed by atoms with Crippen molar-refractivity contribution in [1.29, 1.82) is 5.41 Å². The van der Waals surface area contributed by atoms with Crippen LogP contribution in [-0.4, -0.2) is 37.8 Å². The zero-order chi connectivity index (χ0) is 10.6. The molecular formula is C6H12BrNO4P+. The number of carbonyl (C=O) groups is 1. The highest BCUT2D eigenvalue weighted by atomic mass is 79.9. The summed E-state index contributed by atoms with van der Waals surface area (Å²) >= 11 is 2.96. The SMILES string of the molecule is CC(=N)[P+](O)(O)CC(CBr)C(=O)O. The Bertz CT molecular complexity index is 221. The molecule has 5 nitrogen and oxygen atoms in total. The second-order valence-corrected chi connectivity index (χ2v) is 5.83. The Hall–Kier alpha value is -0.0300. The molecule has 0 aromatic heterocycles. The predicted octanol–water partition coefficient (Wildman–Crippen LogP) is 0.911. The zero-order valence-corrected chi connectivity index (χ0v) is 9.55. The van der Waals surface area contributed by atoms with E-state index < -0.39 is 19.6 Å². The van der Waals surface area contributed by atoms with Crippen LogP contribution in [0.25, 0.3) is 0 Å². The molecule has 0 aliphatic heterocycles. The van der Waals surface area contributed by atoms with E-state index in [2.05, 4.69) is 15.9 Å². The summed E-state index contributed by atoms with van der Waals surface area (Å²) in [6.07, 6.45) is -0.275. The number of halogens is 1. The second kappa shape index (κ2) is 5.00. The van der Waals surface area contributed by atoms with Gasteiger partial charge in [-0.1, -0.05) is 15.9 Å². The van der Waals surface area contributed by atoms with Gasteiger partial charge in [-0.2, -0.15) is 0 Å². The van der Waals surface area contributed by atoms with Crippen molar-refractivity contribution in [2.45, 2.75) is 6.92 Å². The molecule has 0 aromatic carbocycles.